The maximum absolute atomic E-state index is 5.34. The molecule has 0 aliphatic rings. The van der Waals surface area contributed by atoms with Gasteiger partial charge in [0.1, 0.15) is 0 Å². The minimum absolute atomic E-state index is 0. The fourth-order valence-electron chi connectivity index (χ4n) is 1.00. The monoisotopic (exact) mass is 348 g/mol. The van der Waals surface area contributed by atoms with Gasteiger partial charge in [-0.25, -0.2) is 7.11 Å². The van der Waals surface area contributed by atoms with Gasteiger partial charge in [-0.2, -0.15) is 0 Å². The molecule has 0 aliphatic carbocycles. The smallest absolute Gasteiger partial charge is 0.0701 e. The van der Waals surface area contributed by atoms with E-state index in [-0.39, 0.29) is 33.0 Å². The normalized spacial score (nSPS) is 9.67. The fraction of sp³-hybridized carbons (Fsp3) is 0.818. The second-order valence-corrected chi connectivity index (χ2v) is 3.13. The van der Waals surface area contributed by atoms with Gasteiger partial charge in [0.05, 0.1) is 26.4 Å². The Morgan fingerprint density at radius 2 is 1.22 bits per heavy atom. The molecule has 118 valence electrons. The van der Waals surface area contributed by atoms with Gasteiger partial charge in [0, 0.05) is 59.2 Å². The number of hydrogen-bond acceptors (Lipinski definition) is 5. The van der Waals surface area contributed by atoms with Crippen molar-refractivity contribution in [1.29, 1.82) is 0 Å². The Bertz CT molecular complexity index is 121. The van der Waals surface area contributed by atoms with E-state index in [1.54, 1.807) is 0 Å². The van der Waals surface area contributed by atoms with Crippen molar-refractivity contribution in [3.63, 3.8) is 0 Å². The summed E-state index contributed by atoms with van der Waals surface area (Å²) in [6.07, 6.45) is 0. The second kappa shape index (κ2) is 22.9. The zero-order valence-corrected chi connectivity index (χ0v) is 12.6. The first-order chi connectivity index (χ1) is 7.91. The van der Waals surface area contributed by atoms with Crippen LogP contribution in [-0.2, 0) is 47.2 Å². The molecular weight excluding hydrogens is 326 g/mol. The summed E-state index contributed by atoms with van der Waals surface area (Å²) in [5.74, 6) is 0. The number of nitrogens with one attached hydrogen (secondary N) is 2. The molecule has 0 bridgehead atoms. The van der Waals surface area contributed by atoms with Gasteiger partial charge in [0.25, 0.3) is 0 Å². The Morgan fingerprint density at radius 3 is 1.72 bits per heavy atom. The summed E-state index contributed by atoms with van der Waals surface area (Å²) in [6, 6.07) is 0. The predicted octanol–water partition coefficient (Wildman–Crippen LogP) is -0.164. The molecule has 0 aromatic carbocycles. The zero-order chi connectivity index (χ0) is 11.9. The fourth-order valence-corrected chi connectivity index (χ4v) is 1.00. The maximum Gasteiger partial charge on any atom is 0.0701 e. The summed E-state index contributed by atoms with van der Waals surface area (Å²) in [7, 11) is 3.28. The number of hydrogen-bond donors (Lipinski definition) is 2. The Balaban J connectivity index is -0.00000112. The van der Waals surface area contributed by atoms with Gasteiger partial charge in [-0.15, -0.1) is 6.54 Å². The molecular formula is C11H24N2Ni2O3-2. The summed E-state index contributed by atoms with van der Waals surface area (Å²) in [5.41, 5.74) is 0. The van der Waals surface area contributed by atoms with E-state index in [9.17, 15) is 0 Å². The molecule has 7 heteroatoms. The molecule has 0 saturated heterocycles. The van der Waals surface area contributed by atoms with Gasteiger partial charge in [-0.3, -0.25) is 0 Å². The van der Waals surface area contributed by atoms with Gasteiger partial charge in [-0.05, 0) is 0 Å². The van der Waals surface area contributed by atoms with Gasteiger partial charge >= 0.3 is 0 Å². The molecule has 2 N–H and O–H groups in total. The van der Waals surface area contributed by atoms with E-state index in [0.29, 0.717) is 33.0 Å². The van der Waals surface area contributed by atoms with Crippen LogP contribution >= 0.6 is 0 Å². The van der Waals surface area contributed by atoms with Crippen LogP contribution < -0.4 is 10.6 Å². The zero-order valence-electron chi connectivity index (χ0n) is 10.6. The first-order valence-electron chi connectivity index (χ1n) is 5.65. The van der Waals surface area contributed by atoms with Crippen molar-refractivity contribution < 1.29 is 47.2 Å². The third-order valence-corrected chi connectivity index (χ3v) is 1.82. The van der Waals surface area contributed by atoms with E-state index in [2.05, 4.69) is 29.4 Å². The number of rotatable bonds is 13. The van der Waals surface area contributed by atoms with Crippen molar-refractivity contribution in [3.8, 4) is 0 Å². The first kappa shape index (κ1) is 23.8. The van der Waals surface area contributed by atoms with Crippen LogP contribution in [0.1, 0.15) is 0 Å². The molecule has 0 rings (SSSR count). The molecule has 5 nitrogen and oxygen atoms in total. The van der Waals surface area contributed by atoms with E-state index < -0.39 is 0 Å². The molecule has 18 heavy (non-hydrogen) atoms. The summed E-state index contributed by atoms with van der Waals surface area (Å²) >= 11 is 0. The molecule has 0 spiro atoms. The van der Waals surface area contributed by atoms with E-state index in [0.717, 1.165) is 26.2 Å². The standard InChI is InChI=1S/C11H24N2O3.2Ni/c1-3-12-5-8-15-10-11-16-9-6-13-4-7-14-2;;/h12-13H,1-11H2;;/q-2;;. The van der Waals surface area contributed by atoms with E-state index >= 15 is 0 Å². The molecule has 0 unspecified atom stereocenters. The van der Waals surface area contributed by atoms with E-state index in [1.165, 1.54) is 0 Å². The average molecular weight is 350 g/mol. The molecule has 0 radical (unpaired) electrons. The maximum atomic E-state index is 5.34. The van der Waals surface area contributed by atoms with Crippen LogP contribution in [0.25, 0.3) is 0 Å². The van der Waals surface area contributed by atoms with Gasteiger partial charge in [0.15, 0.2) is 0 Å². The third kappa shape index (κ3) is 22.0. The van der Waals surface area contributed by atoms with Crippen molar-refractivity contribution in [2.24, 2.45) is 0 Å². The van der Waals surface area contributed by atoms with Crippen molar-refractivity contribution in [2.75, 3.05) is 59.2 Å². The summed E-state index contributed by atoms with van der Waals surface area (Å²) < 4.78 is 15.3. The van der Waals surface area contributed by atoms with Crippen LogP contribution in [-0.4, -0.2) is 59.2 Å². The molecule has 0 heterocycles. The summed E-state index contributed by atoms with van der Waals surface area (Å²) in [4.78, 5) is 0. The quantitative estimate of drug-likeness (QED) is 0.275. The molecule has 0 aliphatic heterocycles. The van der Waals surface area contributed by atoms with Crippen LogP contribution in [0.5, 0.6) is 0 Å². The van der Waals surface area contributed by atoms with E-state index in [4.69, 9.17) is 9.47 Å². The molecule has 0 atom stereocenters. The van der Waals surface area contributed by atoms with Crippen LogP contribution in [0, 0.1) is 14.0 Å². The van der Waals surface area contributed by atoms with Crippen LogP contribution in [0.4, 0.5) is 0 Å². The van der Waals surface area contributed by atoms with Crippen LogP contribution in [0.15, 0.2) is 0 Å². The first-order valence-corrected chi connectivity index (χ1v) is 5.65. The van der Waals surface area contributed by atoms with Crippen LogP contribution in [0.3, 0.4) is 0 Å². The molecule has 0 aromatic rings. The summed E-state index contributed by atoms with van der Waals surface area (Å²) in [5, 5.41) is 6.23. The Hall–Kier alpha value is 0.787. The molecule has 0 amide bonds. The van der Waals surface area contributed by atoms with E-state index in [1.807, 2.05) is 0 Å². The van der Waals surface area contributed by atoms with Gasteiger partial charge in [-0.1, -0.05) is 0 Å². The predicted molar refractivity (Wildman–Crippen MR) is 64.0 cm³/mol. The molecule has 0 fully saturated rings. The Morgan fingerprint density at radius 1 is 0.722 bits per heavy atom. The minimum atomic E-state index is 0. The number of ether oxygens (including phenoxy) is 3. The average Bonchev–Trinajstić information content (AvgIpc) is 2.31. The van der Waals surface area contributed by atoms with Crippen LogP contribution in [0.2, 0.25) is 0 Å². The van der Waals surface area contributed by atoms with Crippen molar-refractivity contribution in [3.05, 3.63) is 14.0 Å². The van der Waals surface area contributed by atoms with Crippen molar-refractivity contribution >= 4 is 0 Å². The molecule has 0 aromatic heterocycles. The van der Waals surface area contributed by atoms with Gasteiger partial charge in [0.2, 0.25) is 0 Å². The summed E-state index contributed by atoms with van der Waals surface area (Å²) in [6.45, 7) is 10.2. The topological polar surface area (TPSA) is 51.8 Å². The Kier molecular flexibility index (Phi) is 30.4. The van der Waals surface area contributed by atoms with Crippen molar-refractivity contribution in [2.45, 2.75) is 0 Å². The van der Waals surface area contributed by atoms with Crippen molar-refractivity contribution in [1.82, 2.24) is 10.6 Å². The SMILES string of the molecule is [CH2-]CNCCOCCOCCNCCO[CH2-].[Ni].[Ni]. The third-order valence-electron chi connectivity index (χ3n) is 1.82. The van der Waals surface area contributed by atoms with Gasteiger partial charge < -0.3 is 31.8 Å². The second-order valence-electron chi connectivity index (χ2n) is 3.13. The minimum Gasteiger partial charge on any atom is -0.554 e. The molecule has 0 saturated carbocycles. The Labute approximate surface area is 131 Å². The largest absolute Gasteiger partial charge is 0.554 e.